The van der Waals surface area contributed by atoms with Crippen LogP contribution in [0.4, 0.5) is 0 Å². The van der Waals surface area contributed by atoms with Crippen LogP contribution in [0.25, 0.3) is 0 Å². The van der Waals surface area contributed by atoms with Crippen LogP contribution in [0.2, 0.25) is 0 Å². The maximum atomic E-state index is 12.3. The number of aromatic hydroxyl groups is 1. The highest BCUT2D eigenvalue weighted by Gasteiger charge is 2.65. The topological polar surface area (TPSA) is 142 Å². The molecule has 1 N–H and O–H groups in total. The van der Waals surface area contributed by atoms with Crippen molar-refractivity contribution < 1.29 is 46.3 Å². The van der Waals surface area contributed by atoms with Crippen molar-refractivity contribution in [1.29, 1.82) is 0 Å². The zero-order valence-corrected chi connectivity index (χ0v) is 32.8. The fourth-order valence-corrected chi connectivity index (χ4v) is 8.73. The van der Waals surface area contributed by atoms with Crippen LogP contribution in [0.1, 0.15) is 145 Å². The van der Waals surface area contributed by atoms with E-state index in [-0.39, 0.29) is 28.8 Å². The zero-order chi connectivity index (χ0) is 37.7. The van der Waals surface area contributed by atoms with E-state index in [1.54, 1.807) is 26.0 Å². The fourth-order valence-electron chi connectivity index (χ4n) is 6.85. The van der Waals surface area contributed by atoms with Crippen molar-refractivity contribution in [3.63, 3.8) is 0 Å². The highest BCUT2D eigenvalue weighted by molar-refractivity contribution is 7.87. The van der Waals surface area contributed by atoms with Crippen molar-refractivity contribution in [2.45, 2.75) is 169 Å². The number of fused-ring (bicyclic) bond motifs is 1. The number of esters is 3. The summed E-state index contributed by atoms with van der Waals surface area (Å²) < 4.78 is 45.4. The maximum Gasteiger partial charge on any atom is 0.347 e. The molecule has 1 aromatic rings. The van der Waals surface area contributed by atoms with Gasteiger partial charge in [-0.15, -0.1) is 0 Å². The summed E-state index contributed by atoms with van der Waals surface area (Å²) in [5.41, 5.74) is 0.163. The van der Waals surface area contributed by atoms with E-state index in [1.165, 1.54) is 25.3 Å². The molecule has 4 aliphatic rings. The second kappa shape index (κ2) is 16.8. The Labute approximate surface area is 300 Å². The van der Waals surface area contributed by atoms with E-state index in [9.17, 15) is 22.8 Å². The van der Waals surface area contributed by atoms with Crippen LogP contribution in [-0.2, 0) is 42.9 Å². The summed E-state index contributed by atoms with van der Waals surface area (Å²) in [5.74, 6) is -0.281. The molecule has 7 unspecified atom stereocenters. The largest absolute Gasteiger partial charge is 0.508 e. The summed E-state index contributed by atoms with van der Waals surface area (Å²) in [6, 6.07) is 7.43. The summed E-state index contributed by atoms with van der Waals surface area (Å²) in [7, 11) is -3.54. The molecular weight excluding hydrogens is 660 g/mol. The van der Waals surface area contributed by atoms with Gasteiger partial charge in [0.05, 0.1) is 16.1 Å². The number of rotatable bonds is 11. The summed E-state index contributed by atoms with van der Waals surface area (Å²) in [5, 5.41) is 8.56. The second-order valence-electron chi connectivity index (χ2n) is 15.9. The quantitative estimate of drug-likeness (QED) is 0.136. The first-order chi connectivity index (χ1) is 23.3. The Morgan fingerprint density at radius 1 is 0.920 bits per heavy atom. The van der Waals surface area contributed by atoms with Crippen molar-refractivity contribution in [2.75, 3.05) is 0 Å². The molecule has 0 spiro atoms. The molecule has 3 aliphatic carbocycles. The Morgan fingerprint density at radius 2 is 1.48 bits per heavy atom. The lowest BCUT2D eigenvalue weighted by Gasteiger charge is -2.32. The third-order valence-electron chi connectivity index (χ3n) is 11.7. The molecule has 1 saturated heterocycles. The third-order valence-corrected chi connectivity index (χ3v) is 13.5. The first-order valence-electron chi connectivity index (χ1n) is 18.6. The molecule has 284 valence electrons. The van der Waals surface area contributed by atoms with Gasteiger partial charge >= 0.3 is 17.9 Å². The Kier molecular flexibility index (Phi) is 14.0. The van der Waals surface area contributed by atoms with Crippen molar-refractivity contribution in [3.05, 3.63) is 29.8 Å². The van der Waals surface area contributed by atoms with Gasteiger partial charge in [-0.1, -0.05) is 46.8 Å². The summed E-state index contributed by atoms with van der Waals surface area (Å²) in [6.07, 6.45) is 7.02. The van der Waals surface area contributed by atoms with Crippen molar-refractivity contribution in [2.24, 2.45) is 22.7 Å². The normalized spacial score (nSPS) is 26.8. The van der Waals surface area contributed by atoms with Gasteiger partial charge < -0.3 is 19.3 Å². The minimum atomic E-state index is -3.54. The van der Waals surface area contributed by atoms with Gasteiger partial charge in [0, 0.05) is 11.8 Å². The average molecular weight is 723 g/mol. The highest BCUT2D eigenvalue weighted by Crippen LogP contribution is 2.55. The monoisotopic (exact) mass is 722 g/mol. The molecule has 4 fully saturated rings. The minimum Gasteiger partial charge on any atom is -0.508 e. The molecule has 1 aliphatic heterocycles. The van der Waals surface area contributed by atoms with Gasteiger partial charge in [0.1, 0.15) is 23.6 Å². The van der Waals surface area contributed by atoms with E-state index < -0.39 is 51.0 Å². The van der Waals surface area contributed by atoms with Crippen LogP contribution >= 0.6 is 0 Å². The van der Waals surface area contributed by atoms with Gasteiger partial charge in [0.2, 0.25) is 0 Å². The lowest BCUT2D eigenvalue weighted by molar-refractivity contribution is -0.179. The van der Waals surface area contributed by atoms with Crippen molar-refractivity contribution >= 4 is 28.0 Å². The van der Waals surface area contributed by atoms with Gasteiger partial charge in [-0.05, 0) is 122 Å². The summed E-state index contributed by atoms with van der Waals surface area (Å²) in [4.78, 5) is 36.3. The van der Waals surface area contributed by atoms with Crippen LogP contribution in [0.5, 0.6) is 5.75 Å². The van der Waals surface area contributed by atoms with Crippen LogP contribution in [0, 0.1) is 22.7 Å². The molecule has 3 saturated carbocycles. The predicted molar refractivity (Wildman–Crippen MR) is 192 cm³/mol. The molecule has 1 heterocycles. The van der Waals surface area contributed by atoms with Gasteiger partial charge in [0.25, 0.3) is 10.1 Å². The van der Waals surface area contributed by atoms with E-state index >= 15 is 0 Å². The summed E-state index contributed by atoms with van der Waals surface area (Å²) in [6.45, 7) is 19.3. The minimum absolute atomic E-state index is 0.00112. The second-order valence-corrected chi connectivity index (χ2v) is 17.7. The SMILES string of the molecule is CCC(C)(C)C(=O)OC(C)C(=O)OC1C2CC3C1OS(=O)(=O)C3C2.CCC(C)c1ccc(O)cc1.CCC1(OC(=O)C(C)(C)CC)CCCC1. The Hall–Kier alpha value is -2.66. The van der Waals surface area contributed by atoms with E-state index in [0.717, 1.165) is 32.1 Å². The number of ether oxygens (including phenoxy) is 3. The Balaban J connectivity index is 0.000000222. The number of phenolic OH excluding ortho intramolecular Hbond substituents is 1. The number of carbonyl (C=O) groups excluding carboxylic acids is 3. The van der Waals surface area contributed by atoms with Crippen LogP contribution in [0.3, 0.4) is 0 Å². The Bertz CT molecular complexity index is 1410. The first kappa shape index (κ1) is 41.8. The van der Waals surface area contributed by atoms with Gasteiger partial charge in [-0.25, -0.2) is 4.79 Å². The van der Waals surface area contributed by atoms with Crippen LogP contribution < -0.4 is 0 Å². The molecule has 50 heavy (non-hydrogen) atoms. The fraction of sp³-hybridized carbons (Fsp3) is 0.769. The predicted octanol–water partition coefficient (Wildman–Crippen LogP) is 8.00. The van der Waals surface area contributed by atoms with E-state index in [1.807, 2.05) is 39.8 Å². The third kappa shape index (κ3) is 9.81. The van der Waals surface area contributed by atoms with Crippen molar-refractivity contribution in [3.8, 4) is 5.75 Å². The number of carbonyl (C=O) groups is 3. The molecule has 10 nitrogen and oxygen atoms in total. The maximum absolute atomic E-state index is 12.3. The van der Waals surface area contributed by atoms with E-state index in [2.05, 4.69) is 20.8 Å². The van der Waals surface area contributed by atoms with Crippen LogP contribution in [0.15, 0.2) is 24.3 Å². The molecule has 1 aromatic carbocycles. The first-order valence-corrected chi connectivity index (χ1v) is 20.1. The van der Waals surface area contributed by atoms with Gasteiger partial charge in [-0.2, -0.15) is 8.42 Å². The molecular formula is C39H62O10S. The molecule has 0 radical (unpaired) electrons. The lowest BCUT2D eigenvalue weighted by Crippen LogP contribution is -2.41. The smallest absolute Gasteiger partial charge is 0.347 e. The molecule has 11 heteroatoms. The molecule has 2 bridgehead atoms. The standard InChI is InChI=1S/C16H24O7S.C13H24O2.C10H14O/c1-5-16(3,4)15(18)21-8(2)14(17)22-12-9-6-10-11(7-9)24(19,20)23-13(10)12;1-5-12(3,4)11(14)15-13(6-2)9-7-8-10-13;1-3-8(2)9-4-6-10(11)7-5-9/h8-13H,5-7H2,1-4H3;5-10H2,1-4H3;4-8,11H,3H2,1-2H3. The van der Waals surface area contributed by atoms with Gasteiger partial charge in [0.15, 0.2) is 6.10 Å². The summed E-state index contributed by atoms with van der Waals surface area (Å²) >= 11 is 0. The number of phenols is 1. The van der Waals surface area contributed by atoms with Gasteiger partial charge in [-0.3, -0.25) is 13.8 Å². The number of benzene rings is 1. The number of hydrogen-bond acceptors (Lipinski definition) is 10. The lowest BCUT2D eigenvalue weighted by atomic mass is 9.89. The van der Waals surface area contributed by atoms with Crippen LogP contribution in [-0.4, -0.2) is 60.6 Å². The van der Waals surface area contributed by atoms with E-state index in [4.69, 9.17) is 23.5 Å². The average Bonchev–Trinajstić information content (AvgIpc) is 3.84. The molecule has 0 aromatic heterocycles. The Morgan fingerprint density at radius 3 is 2.00 bits per heavy atom. The molecule has 0 amide bonds. The van der Waals surface area contributed by atoms with Crippen molar-refractivity contribution in [1.82, 2.24) is 0 Å². The zero-order valence-electron chi connectivity index (χ0n) is 32.0. The molecule has 7 atom stereocenters. The number of hydrogen-bond donors (Lipinski definition) is 1. The van der Waals surface area contributed by atoms with E-state index in [0.29, 0.717) is 30.9 Å². The highest BCUT2D eigenvalue weighted by atomic mass is 32.2. The molecule has 5 rings (SSSR count).